The Bertz CT molecular complexity index is 1220. The molecule has 0 heterocycles. The fourth-order valence-electron chi connectivity index (χ4n) is 6.01. The summed E-state index contributed by atoms with van der Waals surface area (Å²) in [7, 11) is 0. The molecule has 0 N–H and O–H groups in total. The Morgan fingerprint density at radius 3 is 1.08 bits per heavy atom. The van der Waals surface area contributed by atoms with E-state index in [9.17, 15) is 14.4 Å². The van der Waals surface area contributed by atoms with Crippen LogP contribution in [0.15, 0.2) is 97.2 Å². The first-order valence-electron chi connectivity index (χ1n) is 23.7. The molecule has 1 atom stereocenters. The molecule has 0 unspecified atom stereocenters. The molecule has 0 saturated heterocycles. The first-order chi connectivity index (χ1) is 29.0. The van der Waals surface area contributed by atoms with Crippen molar-refractivity contribution in [3.63, 3.8) is 0 Å². The van der Waals surface area contributed by atoms with E-state index in [-0.39, 0.29) is 37.5 Å². The van der Waals surface area contributed by atoms with Crippen molar-refractivity contribution in [1.29, 1.82) is 0 Å². The lowest BCUT2D eigenvalue weighted by atomic mass is 10.1. The number of esters is 3. The summed E-state index contributed by atoms with van der Waals surface area (Å²) in [6.07, 6.45) is 61.0. The van der Waals surface area contributed by atoms with Gasteiger partial charge in [-0.1, -0.05) is 169 Å². The van der Waals surface area contributed by atoms with Crippen LogP contribution in [0.4, 0.5) is 0 Å². The SMILES string of the molecule is CC/C=C\C/C=C\C/C=C\C/C=C\CCCCC(=O)O[C@H](COC(=O)CCCCCCC/C=C\C/C=C\C/C=C\CC)COC(=O)CCCCCCC/C=C\CCCC. The van der Waals surface area contributed by atoms with Crippen LogP contribution in [0.5, 0.6) is 0 Å². The molecule has 0 spiro atoms. The first kappa shape index (κ1) is 55.3. The van der Waals surface area contributed by atoms with Crippen molar-refractivity contribution in [2.24, 2.45) is 0 Å². The van der Waals surface area contributed by atoms with Crippen molar-refractivity contribution in [1.82, 2.24) is 0 Å². The Kier molecular flexibility index (Phi) is 44.1. The van der Waals surface area contributed by atoms with Gasteiger partial charge in [0.05, 0.1) is 0 Å². The molecule has 0 aliphatic rings. The largest absolute Gasteiger partial charge is 0.462 e. The Morgan fingerprint density at radius 1 is 0.356 bits per heavy atom. The lowest BCUT2D eigenvalue weighted by Crippen LogP contribution is -2.30. The van der Waals surface area contributed by atoms with Crippen LogP contribution in [0.2, 0.25) is 0 Å². The summed E-state index contributed by atoms with van der Waals surface area (Å²) < 4.78 is 16.7. The number of allylic oxidation sites excluding steroid dienone is 16. The molecule has 59 heavy (non-hydrogen) atoms. The average Bonchev–Trinajstić information content (AvgIpc) is 3.23. The molecule has 0 aliphatic heterocycles. The normalized spacial score (nSPS) is 12.9. The summed E-state index contributed by atoms with van der Waals surface area (Å²) in [6, 6.07) is 0. The van der Waals surface area contributed by atoms with E-state index < -0.39 is 6.10 Å². The Morgan fingerprint density at radius 2 is 0.661 bits per heavy atom. The third-order valence-electron chi connectivity index (χ3n) is 9.55. The minimum absolute atomic E-state index is 0.106. The van der Waals surface area contributed by atoms with E-state index >= 15 is 0 Å². The third kappa shape index (κ3) is 45.3. The maximum absolute atomic E-state index is 12.7. The van der Waals surface area contributed by atoms with Crippen LogP contribution in [0.3, 0.4) is 0 Å². The van der Waals surface area contributed by atoms with Crippen molar-refractivity contribution in [3.8, 4) is 0 Å². The van der Waals surface area contributed by atoms with Crippen molar-refractivity contribution in [2.75, 3.05) is 13.2 Å². The Labute approximate surface area is 362 Å². The van der Waals surface area contributed by atoms with E-state index in [1.54, 1.807) is 0 Å². The van der Waals surface area contributed by atoms with E-state index in [0.717, 1.165) is 128 Å². The van der Waals surface area contributed by atoms with Crippen LogP contribution in [0.25, 0.3) is 0 Å². The zero-order valence-electron chi connectivity index (χ0n) is 38.0. The second kappa shape index (κ2) is 47.0. The van der Waals surface area contributed by atoms with Gasteiger partial charge in [-0.2, -0.15) is 0 Å². The molecule has 0 aromatic heterocycles. The molecular weight excluding hydrogens is 733 g/mol. The van der Waals surface area contributed by atoms with Crippen molar-refractivity contribution in [2.45, 2.75) is 207 Å². The molecule has 0 fully saturated rings. The molecule has 0 rings (SSSR count). The van der Waals surface area contributed by atoms with Gasteiger partial charge in [-0.3, -0.25) is 14.4 Å². The van der Waals surface area contributed by atoms with E-state index in [4.69, 9.17) is 14.2 Å². The average molecular weight is 819 g/mol. The lowest BCUT2D eigenvalue weighted by Gasteiger charge is -2.18. The highest BCUT2D eigenvalue weighted by atomic mass is 16.6. The number of hydrogen-bond donors (Lipinski definition) is 0. The van der Waals surface area contributed by atoms with Gasteiger partial charge in [0, 0.05) is 19.3 Å². The van der Waals surface area contributed by atoms with Crippen molar-refractivity contribution >= 4 is 17.9 Å². The second-order valence-electron chi connectivity index (χ2n) is 15.2. The van der Waals surface area contributed by atoms with Gasteiger partial charge in [0.15, 0.2) is 6.10 Å². The smallest absolute Gasteiger partial charge is 0.306 e. The second-order valence-corrected chi connectivity index (χ2v) is 15.2. The minimum Gasteiger partial charge on any atom is -0.462 e. The van der Waals surface area contributed by atoms with E-state index in [0.29, 0.717) is 19.3 Å². The highest BCUT2D eigenvalue weighted by molar-refractivity contribution is 5.71. The van der Waals surface area contributed by atoms with Gasteiger partial charge in [-0.05, 0) is 109 Å². The first-order valence-corrected chi connectivity index (χ1v) is 23.7. The number of unbranched alkanes of at least 4 members (excludes halogenated alkanes) is 14. The van der Waals surface area contributed by atoms with E-state index in [2.05, 4.69) is 118 Å². The summed E-state index contributed by atoms with van der Waals surface area (Å²) in [6.45, 7) is 6.29. The van der Waals surface area contributed by atoms with Crippen molar-refractivity contribution in [3.05, 3.63) is 97.2 Å². The van der Waals surface area contributed by atoms with Gasteiger partial charge in [0.25, 0.3) is 0 Å². The number of hydrogen-bond acceptors (Lipinski definition) is 6. The predicted octanol–water partition coefficient (Wildman–Crippen LogP) is 15.4. The quantitative estimate of drug-likeness (QED) is 0.0265. The molecule has 6 heteroatoms. The fraction of sp³-hybridized carbons (Fsp3) is 0.642. The van der Waals surface area contributed by atoms with Gasteiger partial charge < -0.3 is 14.2 Å². The van der Waals surface area contributed by atoms with Crippen LogP contribution in [-0.4, -0.2) is 37.2 Å². The fourth-order valence-corrected chi connectivity index (χ4v) is 6.01. The summed E-state index contributed by atoms with van der Waals surface area (Å²) >= 11 is 0. The van der Waals surface area contributed by atoms with Gasteiger partial charge >= 0.3 is 17.9 Å². The molecular formula is C53H86O6. The van der Waals surface area contributed by atoms with E-state index in [1.165, 1.54) is 25.7 Å². The molecule has 334 valence electrons. The van der Waals surface area contributed by atoms with E-state index in [1.807, 2.05) is 0 Å². The van der Waals surface area contributed by atoms with Gasteiger partial charge in [-0.25, -0.2) is 0 Å². The highest BCUT2D eigenvalue weighted by Gasteiger charge is 2.19. The number of carbonyl (C=O) groups excluding carboxylic acids is 3. The summed E-state index contributed by atoms with van der Waals surface area (Å²) in [5.41, 5.74) is 0. The molecule has 0 aliphatic carbocycles. The lowest BCUT2D eigenvalue weighted by molar-refractivity contribution is -0.167. The summed E-state index contributed by atoms with van der Waals surface area (Å²) in [4.78, 5) is 37.8. The Balaban J connectivity index is 4.51. The minimum atomic E-state index is -0.809. The van der Waals surface area contributed by atoms with Crippen LogP contribution in [0.1, 0.15) is 201 Å². The molecule has 0 aromatic rings. The zero-order valence-corrected chi connectivity index (χ0v) is 38.0. The zero-order chi connectivity index (χ0) is 43.0. The summed E-state index contributed by atoms with van der Waals surface area (Å²) in [5, 5.41) is 0. The van der Waals surface area contributed by atoms with Gasteiger partial charge in [-0.15, -0.1) is 0 Å². The van der Waals surface area contributed by atoms with Crippen LogP contribution >= 0.6 is 0 Å². The number of rotatable bonds is 41. The Hall–Kier alpha value is -3.67. The molecule has 0 bridgehead atoms. The van der Waals surface area contributed by atoms with Gasteiger partial charge in [0.1, 0.15) is 13.2 Å². The standard InChI is InChI=1S/C53H86O6/c1-4-7-10-13-16-19-22-24-26-28-31-34-37-40-43-46-52(55)58-49-50(48-57-51(54)45-42-39-36-33-30-21-18-15-12-9-6-3)59-53(56)47-44-41-38-35-32-29-27-25-23-20-17-14-11-8-5-2/h7-8,10-11,15-20,24-27,32,35,50H,4-6,9,12-14,21-23,28-31,33-34,36-49H2,1-3H3/b10-7-,11-8-,18-15-,19-16-,20-17-,26-24-,27-25-,35-32-/t50-/m0/s1. The molecule has 0 radical (unpaired) electrons. The molecule has 0 saturated carbocycles. The predicted molar refractivity (Wildman–Crippen MR) is 251 cm³/mol. The van der Waals surface area contributed by atoms with Gasteiger partial charge in [0.2, 0.25) is 0 Å². The van der Waals surface area contributed by atoms with Crippen molar-refractivity contribution < 1.29 is 28.6 Å². The highest BCUT2D eigenvalue weighted by Crippen LogP contribution is 2.12. The number of ether oxygens (including phenoxy) is 3. The molecule has 6 nitrogen and oxygen atoms in total. The van der Waals surface area contributed by atoms with Crippen LogP contribution in [0, 0.1) is 0 Å². The monoisotopic (exact) mass is 819 g/mol. The maximum atomic E-state index is 12.7. The summed E-state index contributed by atoms with van der Waals surface area (Å²) in [5.74, 6) is -0.983. The number of carbonyl (C=O) groups is 3. The molecule has 0 amide bonds. The van der Waals surface area contributed by atoms with Crippen LogP contribution in [-0.2, 0) is 28.6 Å². The topological polar surface area (TPSA) is 78.9 Å². The van der Waals surface area contributed by atoms with Crippen LogP contribution < -0.4 is 0 Å². The third-order valence-corrected chi connectivity index (χ3v) is 9.55. The maximum Gasteiger partial charge on any atom is 0.306 e. The molecule has 0 aromatic carbocycles.